The molecule has 0 fully saturated rings. The molecule has 0 spiro atoms. The molecule has 0 saturated carbocycles. The summed E-state index contributed by atoms with van der Waals surface area (Å²) in [5.74, 6) is 0. The van der Waals surface area contributed by atoms with Crippen molar-refractivity contribution in [2.24, 2.45) is 5.73 Å². The molecular weight excluding hydrogens is 186 g/mol. The van der Waals surface area contributed by atoms with Crippen molar-refractivity contribution in [2.75, 3.05) is 0 Å². The zero-order chi connectivity index (χ0) is 10.7. The van der Waals surface area contributed by atoms with Crippen LogP contribution in [0.5, 0.6) is 0 Å². The van der Waals surface area contributed by atoms with Crippen molar-refractivity contribution in [3.05, 3.63) is 59.7 Å². The molecule has 2 rings (SSSR count). The maximum absolute atomic E-state index is 6.10. The highest BCUT2D eigenvalue weighted by molar-refractivity contribution is 5.28. The van der Waals surface area contributed by atoms with Gasteiger partial charge in [-0.25, -0.2) is 0 Å². The molecule has 0 amide bonds. The summed E-state index contributed by atoms with van der Waals surface area (Å²) in [6.07, 6.45) is 5.31. The first-order valence-electron chi connectivity index (χ1n) is 4.85. The highest BCUT2D eigenvalue weighted by atomic mass is 14.7. The number of aryl methyl sites for hydroxylation is 1. The molecule has 2 N–H and O–H groups in total. The van der Waals surface area contributed by atoms with Crippen LogP contribution in [0.2, 0.25) is 0 Å². The number of hydrogen-bond donors (Lipinski definition) is 1. The third kappa shape index (κ3) is 2.19. The normalized spacial score (nSPS) is 12.4. The largest absolute Gasteiger partial charge is 0.320 e. The van der Waals surface area contributed by atoms with E-state index in [0.717, 1.165) is 16.8 Å². The molecule has 15 heavy (non-hydrogen) atoms. The lowest BCUT2D eigenvalue weighted by Gasteiger charge is -2.11. The SMILES string of the molecule is Cc1ccc(C(N)c2ccncc2)cn1. The van der Waals surface area contributed by atoms with Crippen LogP contribution in [0.4, 0.5) is 0 Å². The quantitative estimate of drug-likeness (QED) is 0.802. The highest BCUT2D eigenvalue weighted by Gasteiger charge is 2.07. The van der Waals surface area contributed by atoms with Crippen molar-refractivity contribution in [2.45, 2.75) is 13.0 Å². The third-order valence-corrected chi connectivity index (χ3v) is 2.36. The van der Waals surface area contributed by atoms with E-state index in [1.54, 1.807) is 12.4 Å². The number of nitrogens with zero attached hydrogens (tertiary/aromatic N) is 2. The fourth-order valence-electron chi connectivity index (χ4n) is 1.43. The van der Waals surface area contributed by atoms with Crippen LogP contribution in [-0.4, -0.2) is 9.97 Å². The lowest BCUT2D eigenvalue weighted by molar-refractivity contribution is 0.857. The van der Waals surface area contributed by atoms with Crippen LogP contribution < -0.4 is 5.73 Å². The third-order valence-electron chi connectivity index (χ3n) is 2.36. The minimum atomic E-state index is -0.124. The van der Waals surface area contributed by atoms with Gasteiger partial charge in [0, 0.05) is 24.3 Å². The summed E-state index contributed by atoms with van der Waals surface area (Å²) in [5.41, 5.74) is 9.17. The summed E-state index contributed by atoms with van der Waals surface area (Å²) in [6, 6.07) is 7.69. The second kappa shape index (κ2) is 4.19. The molecule has 1 atom stereocenters. The van der Waals surface area contributed by atoms with Gasteiger partial charge in [-0.15, -0.1) is 0 Å². The summed E-state index contributed by atoms with van der Waals surface area (Å²) in [5, 5.41) is 0. The van der Waals surface area contributed by atoms with Crippen molar-refractivity contribution < 1.29 is 0 Å². The Labute approximate surface area is 89.0 Å². The fraction of sp³-hybridized carbons (Fsp3) is 0.167. The Kier molecular flexibility index (Phi) is 2.74. The minimum Gasteiger partial charge on any atom is -0.320 e. The summed E-state index contributed by atoms with van der Waals surface area (Å²) >= 11 is 0. The number of aromatic nitrogens is 2. The van der Waals surface area contributed by atoms with Gasteiger partial charge in [-0.2, -0.15) is 0 Å². The summed E-state index contributed by atoms with van der Waals surface area (Å²) in [7, 11) is 0. The first kappa shape index (κ1) is 9.80. The topological polar surface area (TPSA) is 51.8 Å². The van der Waals surface area contributed by atoms with Gasteiger partial charge >= 0.3 is 0 Å². The van der Waals surface area contributed by atoms with Gasteiger partial charge in [0.05, 0.1) is 6.04 Å². The van der Waals surface area contributed by atoms with Crippen LogP contribution in [0.3, 0.4) is 0 Å². The molecule has 2 aromatic rings. The van der Waals surface area contributed by atoms with E-state index in [2.05, 4.69) is 9.97 Å². The van der Waals surface area contributed by atoms with Gasteiger partial charge in [0.15, 0.2) is 0 Å². The van der Waals surface area contributed by atoms with Crippen molar-refractivity contribution in [1.29, 1.82) is 0 Å². The molecule has 0 aromatic carbocycles. The average molecular weight is 199 g/mol. The molecule has 76 valence electrons. The van der Waals surface area contributed by atoms with Gasteiger partial charge in [-0.3, -0.25) is 9.97 Å². The molecule has 0 saturated heterocycles. The van der Waals surface area contributed by atoms with Crippen LogP contribution in [0.25, 0.3) is 0 Å². The molecule has 2 heterocycles. The molecular formula is C12H13N3. The van der Waals surface area contributed by atoms with Crippen molar-refractivity contribution in [3.63, 3.8) is 0 Å². The molecule has 0 aliphatic carbocycles. The van der Waals surface area contributed by atoms with E-state index in [4.69, 9.17) is 5.73 Å². The summed E-state index contributed by atoms with van der Waals surface area (Å²) < 4.78 is 0. The zero-order valence-electron chi connectivity index (χ0n) is 8.59. The van der Waals surface area contributed by atoms with Crippen molar-refractivity contribution in [1.82, 2.24) is 9.97 Å². The van der Waals surface area contributed by atoms with Gasteiger partial charge in [-0.1, -0.05) is 6.07 Å². The lowest BCUT2D eigenvalue weighted by Crippen LogP contribution is -2.12. The summed E-state index contributed by atoms with van der Waals surface area (Å²) in [6.45, 7) is 1.96. The van der Waals surface area contributed by atoms with Crippen LogP contribution in [0, 0.1) is 6.92 Å². The van der Waals surface area contributed by atoms with Crippen LogP contribution in [0.1, 0.15) is 22.9 Å². The summed E-state index contributed by atoms with van der Waals surface area (Å²) in [4.78, 5) is 8.19. The number of hydrogen-bond acceptors (Lipinski definition) is 3. The van der Waals surface area contributed by atoms with Gasteiger partial charge in [-0.05, 0) is 36.2 Å². The smallest absolute Gasteiger partial charge is 0.0568 e. The highest BCUT2D eigenvalue weighted by Crippen LogP contribution is 2.17. The van der Waals surface area contributed by atoms with Crippen LogP contribution >= 0.6 is 0 Å². The molecule has 0 bridgehead atoms. The van der Waals surface area contributed by atoms with Gasteiger partial charge in [0.1, 0.15) is 0 Å². The minimum absolute atomic E-state index is 0.124. The van der Waals surface area contributed by atoms with E-state index in [9.17, 15) is 0 Å². The molecule has 1 unspecified atom stereocenters. The molecule has 0 aliphatic rings. The van der Waals surface area contributed by atoms with Crippen molar-refractivity contribution in [3.8, 4) is 0 Å². The standard InChI is InChI=1S/C12H13N3/c1-9-2-3-11(8-15-9)12(13)10-4-6-14-7-5-10/h2-8,12H,13H2,1H3. The average Bonchev–Trinajstić information content (AvgIpc) is 2.30. The molecule has 3 nitrogen and oxygen atoms in total. The monoisotopic (exact) mass is 199 g/mol. The van der Waals surface area contributed by atoms with E-state index in [0.29, 0.717) is 0 Å². The molecule has 0 aliphatic heterocycles. The number of pyridine rings is 2. The fourth-order valence-corrected chi connectivity index (χ4v) is 1.43. The first-order chi connectivity index (χ1) is 7.27. The Balaban J connectivity index is 2.29. The Morgan fingerprint density at radius 2 is 1.80 bits per heavy atom. The lowest BCUT2D eigenvalue weighted by atomic mass is 10.0. The second-order valence-corrected chi connectivity index (χ2v) is 3.49. The van der Waals surface area contributed by atoms with E-state index < -0.39 is 0 Å². The molecule has 2 aromatic heterocycles. The Hall–Kier alpha value is -1.74. The molecule has 0 radical (unpaired) electrons. The van der Waals surface area contributed by atoms with Crippen LogP contribution in [-0.2, 0) is 0 Å². The predicted molar refractivity (Wildman–Crippen MR) is 59.2 cm³/mol. The van der Waals surface area contributed by atoms with E-state index in [-0.39, 0.29) is 6.04 Å². The Morgan fingerprint density at radius 1 is 1.07 bits per heavy atom. The van der Waals surface area contributed by atoms with Gasteiger partial charge in [0.25, 0.3) is 0 Å². The zero-order valence-corrected chi connectivity index (χ0v) is 8.59. The molecule has 3 heteroatoms. The van der Waals surface area contributed by atoms with Crippen molar-refractivity contribution >= 4 is 0 Å². The number of rotatable bonds is 2. The van der Waals surface area contributed by atoms with Gasteiger partial charge < -0.3 is 5.73 Å². The van der Waals surface area contributed by atoms with Crippen LogP contribution in [0.15, 0.2) is 42.9 Å². The Morgan fingerprint density at radius 3 is 2.40 bits per heavy atom. The van der Waals surface area contributed by atoms with E-state index in [1.165, 1.54) is 0 Å². The predicted octanol–water partition coefficient (Wildman–Crippen LogP) is 1.83. The van der Waals surface area contributed by atoms with E-state index >= 15 is 0 Å². The Bertz CT molecular complexity index is 422. The second-order valence-electron chi connectivity index (χ2n) is 3.49. The van der Waals surface area contributed by atoms with E-state index in [1.807, 2.05) is 37.4 Å². The first-order valence-corrected chi connectivity index (χ1v) is 4.85. The van der Waals surface area contributed by atoms with Gasteiger partial charge in [0.2, 0.25) is 0 Å². The maximum Gasteiger partial charge on any atom is 0.0568 e. The number of nitrogens with two attached hydrogens (primary N) is 1. The maximum atomic E-state index is 6.10.